The number of morpholine rings is 1. The molecular formula is C22H21N3O6. The Hall–Kier alpha value is -3.72. The average Bonchev–Trinajstić information content (AvgIpc) is 2.77. The van der Waals surface area contributed by atoms with Crippen LogP contribution in [-0.4, -0.2) is 62.8 Å². The fraction of sp³-hybridized carbons (Fsp3) is 0.273. The number of rotatable bonds is 5. The van der Waals surface area contributed by atoms with E-state index in [9.17, 15) is 24.6 Å². The fourth-order valence-corrected chi connectivity index (χ4v) is 3.67. The van der Waals surface area contributed by atoms with E-state index in [4.69, 9.17) is 4.74 Å². The topological polar surface area (TPSA) is 122 Å². The summed E-state index contributed by atoms with van der Waals surface area (Å²) < 4.78 is 6.33. The molecule has 4 rings (SSSR count). The second kappa shape index (κ2) is 8.57. The highest BCUT2D eigenvalue weighted by Gasteiger charge is 2.25. The van der Waals surface area contributed by atoms with Crippen LogP contribution in [0.15, 0.2) is 47.4 Å². The number of carboxylic acid groups (broad SMARTS) is 1. The first-order valence-corrected chi connectivity index (χ1v) is 9.83. The summed E-state index contributed by atoms with van der Waals surface area (Å²) in [6, 6.07) is 11.3. The third kappa shape index (κ3) is 4.13. The highest BCUT2D eigenvalue weighted by Crippen LogP contribution is 2.26. The molecule has 31 heavy (non-hydrogen) atoms. The zero-order chi connectivity index (χ0) is 22.0. The SMILES string of the molecule is O=C(O)c1c(O)c2ncc(Cc3ccccc3)cc2n(CC(=O)N2CCOCC2)c1=O. The Kier molecular flexibility index (Phi) is 5.68. The van der Waals surface area contributed by atoms with Crippen LogP contribution in [0.1, 0.15) is 21.5 Å². The highest BCUT2D eigenvalue weighted by atomic mass is 16.5. The lowest BCUT2D eigenvalue weighted by molar-refractivity contribution is -0.135. The van der Waals surface area contributed by atoms with Crippen LogP contribution in [0.4, 0.5) is 0 Å². The van der Waals surface area contributed by atoms with Gasteiger partial charge >= 0.3 is 5.97 Å². The third-order valence-electron chi connectivity index (χ3n) is 5.26. The molecule has 0 bridgehead atoms. The number of pyridine rings is 2. The number of benzene rings is 1. The Labute approximate surface area is 177 Å². The van der Waals surface area contributed by atoms with E-state index in [1.807, 2.05) is 30.3 Å². The van der Waals surface area contributed by atoms with Crippen LogP contribution in [0.2, 0.25) is 0 Å². The summed E-state index contributed by atoms with van der Waals surface area (Å²) in [5.74, 6) is -2.61. The van der Waals surface area contributed by atoms with E-state index in [0.29, 0.717) is 32.7 Å². The number of nitrogens with zero attached hydrogens (tertiary/aromatic N) is 3. The molecule has 9 nitrogen and oxygen atoms in total. The second-order valence-electron chi connectivity index (χ2n) is 7.29. The molecule has 0 spiro atoms. The van der Waals surface area contributed by atoms with Gasteiger partial charge in [0, 0.05) is 19.3 Å². The first-order chi connectivity index (χ1) is 15.0. The number of aromatic hydroxyl groups is 1. The van der Waals surface area contributed by atoms with Gasteiger partial charge in [-0.3, -0.25) is 19.1 Å². The lowest BCUT2D eigenvalue weighted by Crippen LogP contribution is -2.43. The van der Waals surface area contributed by atoms with Crippen molar-refractivity contribution in [3.63, 3.8) is 0 Å². The molecule has 9 heteroatoms. The number of carbonyl (C=O) groups is 2. The Bertz CT molecular complexity index is 1200. The number of aromatic nitrogens is 2. The van der Waals surface area contributed by atoms with Crippen LogP contribution in [0.3, 0.4) is 0 Å². The highest BCUT2D eigenvalue weighted by molar-refractivity contribution is 5.97. The lowest BCUT2D eigenvalue weighted by Gasteiger charge is -2.27. The molecule has 3 heterocycles. The number of amides is 1. The molecule has 2 aromatic heterocycles. The summed E-state index contributed by atoms with van der Waals surface area (Å²) in [4.78, 5) is 43.1. The molecule has 0 unspecified atom stereocenters. The standard InChI is InChI=1S/C22H21N3O6/c26-17(24-6-8-31-9-7-24)13-25-16-11-15(10-14-4-2-1-3-5-14)12-23-19(16)20(27)18(21(25)28)22(29)30/h1-5,11-12,27H,6-10,13H2,(H,29,30). The Balaban J connectivity index is 1.81. The number of hydrogen-bond donors (Lipinski definition) is 2. The summed E-state index contributed by atoms with van der Waals surface area (Å²) in [5.41, 5.74) is 0.205. The minimum atomic E-state index is -1.58. The zero-order valence-electron chi connectivity index (χ0n) is 16.7. The molecular weight excluding hydrogens is 402 g/mol. The number of carbonyl (C=O) groups excluding carboxylic acids is 1. The number of fused-ring (bicyclic) bond motifs is 1. The molecule has 1 amide bonds. The molecule has 1 aliphatic heterocycles. The number of hydrogen-bond acceptors (Lipinski definition) is 6. The van der Waals surface area contributed by atoms with Crippen molar-refractivity contribution < 1.29 is 24.5 Å². The van der Waals surface area contributed by atoms with Crippen molar-refractivity contribution in [1.29, 1.82) is 0 Å². The van der Waals surface area contributed by atoms with Crippen molar-refractivity contribution in [2.45, 2.75) is 13.0 Å². The number of aromatic carboxylic acids is 1. The maximum atomic E-state index is 12.9. The van der Waals surface area contributed by atoms with Gasteiger partial charge in [-0.15, -0.1) is 0 Å². The zero-order valence-corrected chi connectivity index (χ0v) is 16.7. The van der Waals surface area contributed by atoms with E-state index >= 15 is 0 Å². The van der Waals surface area contributed by atoms with Crippen LogP contribution in [0, 0.1) is 0 Å². The van der Waals surface area contributed by atoms with Gasteiger partial charge in [-0.1, -0.05) is 30.3 Å². The van der Waals surface area contributed by atoms with Crippen molar-refractivity contribution in [2.24, 2.45) is 0 Å². The Morgan fingerprint density at radius 1 is 1.10 bits per heavy atom. The maximum absolute atomic E-state index is 12.9. The molecule has 0 atom stereocenters. The molecule has 1 aliphatic rings. The molecule has 0 aliphatic carbocycles. The van der Waals surface area contributed by atoms with E-state index in [0.717, 1.165) is 15.7 Å². The van der Waals surface area contributed by atoms with Crippen molar-refractivity contribution in [3.8, 4) is 5.75 Å². The maximum Gasteiger partial charge on any atom is 0.345 e. The van der Waals surface area contributed by atoms with Gasteiger partial charge in [-0.05, 0) is 23.6 Å². The molecule has 3 aromatic rings. The molecule has 0 saturated carbocycles. The number of carboxylic acids is 1. The normalized spacial score (nSPS) is 14.0. The van der Waals surface area contributed by atoms with E-state index in [1.54, 1.807) is 11.0 Å². The average molecular weight is 423 g/mol. The largest absolute Gasteiger partial charge is 0.505 e. The van der Waals surface area contributed by atoms with Crippen LogP contribution in [0.5, 0.6) is 5.75 Å². The minimum Gasteiger partial charge on any atom is -0.505 e. The van der Waals surface area contributed by atoms with Crippen LogP contribution in [-0.2, 0) is 22.5 Å². The summed E-state index contributed by atoms with van der Waals surface area (Å²) in [6.45, 7) is 1.24. The molecule has 1 aromatic carbocycles. The van der Waals surface area contributed by atoms with Crippen molar-refractivity contribution in [3.05, 3.63) is 69.6 Å². The predicted octanol–water partition coefficient (Wildman–Crippen LogP) is 1.25. The first kappa shape index (κ1) is 20.5. The smallest absolute Gasteiger partial charge is 0.345 e. The third-order valence-corrected chi connectivity index (χ3v) is 5.26. The van der Waals surface area contributed by atoms with Gasteiger partial charge in [0.25, 0.3) is 5.56 Å². The lowest BCUT2D eigenvalue weighted by atomic mass is 10.1. The van der Waals surface area contributed by atoms with Gasteiger partial charge in [0.05, 0.1) is 18.7 Å². The van der Waals surface area contributed by atoms with Gasteiger partial charge < -0.3 is 19.8 Å². The summed E-state index contributed by atoms with van der Waals surface area (Å²) in [5, 5.41) is 19.9. The minimum absolute atomic E-state index is 0.0383. The first-order valence-electron chi connectivity index (χ1n) is 9.83. The van der Waals surface area contributed by atoms with Gasteiger partial charge in [0.2, 0.25) is 5.91 Å². The monoisotopic (exact) mass is 423 g/mol. The molecule has 1 fully saturated rings. The van der Waals surface area contributed by atoms with Crippen LogP contribution < -0.4 is 5.56 Å². The van der Waals surface area contributed by atoms with E-state index < -0.39 is 22.8 Å². The van der Waals surface area contributed by atoms with E-state index in [2.05, 4.69) is 4.98 Å². The van der Waals surface area contributed by atoms with Crippen molar-refractivity contribution in [2.75, 3.05) is 26.3 Å². The molecule has 0 radical (unpaired) electrons. The van der Waals surface area contributed by atoms with Gasteiger partial charge in [0.15, 0.2) is 11.3 Å². The Morgan fingerprint density at radius 3 is 2.48 bits per heavy atom. The van der Waals surface area contributed by atoms with Gasteiger partial charge in [0.1, 0.15) is 12.1 Å². The Morgan fingerprint density at radius 2 is 1.81 bits per heavy atom. The van der Waals surface area contributed by atoms with Crippen LogP contribution in [0.25, 0.3) is 11.0 Å². The summed E-state index contributed by atoms with van der Waals surface area (Å²) in [7, 11) is 0. The summed E-state index contributed by atoms with van der Waals surface area (Å²) in [6.07, 6.45) is 2.05. The molecule has 160 valence electrons. The molecule has 1 saturated heterocycles. The van der Waals surface area contributed by atoms with E-state index in [-0.39, 0.29) is 23.5 Å². The van der Waals surface area contributed by atoms with Gasteiger partial charge in [-0.25, -0.2) is 4.79 Å². The van der Waals surface area contributed by atoms with E-state index in [1.165, 1.54) is 6.20 Å². The second-order valence-corrected chi connectivity index (χ2v) is 7.29. The summed E-state index contributed by atoms with van der Waals surface area (Å²) >= 11 is 0. The van der Waals surface area contributed by atoms with Gasteiger partial charge in [-0.2, -0.15) is 0 Å². The molecule has 2 N–H and O–H groups in total. The number of ether oxygens (including phenoxy) is 1. The van der Waals surface area contributed by atoms with Crippen LogP contribution >= 0.6 is 0 Å². The quantitative estimate of drug-likeness (QED) is 0.633. The van der Waals surface area contributed by atoms with Crippen molar-refractivity contribution in [1.82, 2.24) is 14.5 Å². The fourth-order valence-electron chi connectivity index (χ4n) is 3.67. The van der Waals surface area contributed by atoms with Crippen molar-refractivity contribution >= 4 is 22.9 Å². The predicted molar refractivity (Wildman–Crippen MR) is 111 cm³/mol.